The van der Waals surface area contributed by atoms with E-state index in [1.807, 2.05) is 0 Å². The van der Waals surface area contributed by atoms with E-state index < -0.39 is 0 Å². The fraction of sp³-hybridized carbons (Fsp3) is 0.533. The van der Waals surface area contributed by atoms with Crippen molar-refractivity contribution in [3.63, 3.8) is 0 Å². The fourth-order valence-electron chi connectivity index (χ4n) is 2.69. The summed E-state index contributed by atoms with van der Waals surface area (Å²) in [5, 5.41) is 3.28. The average molecular weight is 281 g/mol. The lowest BCUT2D eigenvalue weighted by Crippen LogP contribution is -2.26. The summed E-state index contributed by atoms with van der Waals surface area (Å²) >= 11 is 6.03. The van der Waals surface area contributed by atoms with Crippen molar-refractivity contribution in [3.8, 4) is 0 Å². The van der Waals surface area contributed by atoms with Gasteiger partial charge in [-0.25, -0.2) is 0 Å². The summed E-state index contributed by atoms with van der Waals surface area (Å²) in [5.41, 5.74) is 6.60. The van der Waals surface area contributed by atoms with Gasteiger partial charge in [0.05, 0.1) is 16.3 Å². The van der Waals surface area contributed by atoms with Gasteiger partial charge >= 0.3 is 0 Å². The van der Waals surface area contributed by atoms with Crippen LogP contribution in [0.25, 0.3) is 0 Å². The summed E-state index contributed by atoms with van der Waals surface area (Å²) in [7, 11) is 0. The summed E-state index contributed by atoms with van der Waals surface area (Å²) in [6.45, 7) is 0.717. The number of nitrogen functional groups attached to an aromatic ring is 1. The third-order valence-corrected chi connectivity index (χ3v) is 4.26. The zero-order valence-electron chi connectivity index (χ0n) is 11.1. The smallest absolute Gasteiger partial charge is 0.252 e. The van der Waals surface area contributed by atoms with Gasteiger partial charge in [0.2, 0.25) is 0 Å². The van der Waals surface area contributed by atoms with Crippen molar-refractivity contribution in [2.45, 2.75) is 38.5 Å². The standard InChI is InChI=1S/C15H21ClN2O/c16-14-12(7-4-8-13(14)17)15(19)18-10-9-11-5-2-1-3-6-11/h4,7-8,11H,1-3,5-6,9-10,17H2,(H,18,19). The molecule has 0 atom stereocenters. The van der Waals surface area contributed by atoms with Gasteiger partial charge in [0.15, 0.2) is 0 Å². The number of benzene rings is 1. The maximum absolute atomic E-state index is 12.0. The van der Waals surface area contributed by atoms with Gasteiger partial charge in [-0.15, -0.1) is 0 Å². The summed E-state index contributed by atoms with van der Waals surface area (Å²) in [5.74, 6) is 0.637. The maximum atomic E-state index is 12.0. The van der Waals surface area contributed by atoms with Crippen molar-refractivity contribution in [2.75, 3.05) is 12.3 Å². The molecule has 3 nitrogen and oxygen atoms in total. The van der Waals surface area contributed by atoms with Crippen LogP contribution >= 0.6 is 11.6 Å². The van der Waals surface area contributed by atoms with Gasteiger partial charge < -0.3 is 11.1 Å². The molecule has 2 rings (SSSR count). The highest BCUT2D eigenvalue weighted by Crippen LogP contribution is 2.26. The second-order valence-electron chi connectivity index (χ2n) is 5.26. The third kappa shape index (κ3) is 3.87. The number of amides is 1. The van der Waals surface area contributed by atoms with E-state index in [-0.39, 0.29) is 5.91 Å². The summed E-state index contributed by atoms with van der Waals surface area (Å²) in [4.78, 5) is 12.0. The number of nitrogens with two attached hydrogens (primary N) is 1. The molecule has 0 aliphatic heterocycles. The molecule has 0 spiro atoms. The molecule has 0 saturated heterocycles. The van der Waals surface area contributed by atoms with E-state index in [0.29, 0.717) is 22.8 Å². The van der Waals surface area contributed by atoms with Gasteiger partial charge in [0.1, 0.15) is 0 Å². The van der Waals surface area contributed by atoms with Crippen molar-refractivity contribution in [1.82, 2.24) is 5.32 Å². The molecular weight excluding hydrogens is 260 g/mol. The van der Waals surface area contributed by atoms with E-state index in [4.69, 9.17) is 17.3 Å². The monoisotopic (exact) mass is 280 g/mol. The Kier molecular flexibility index (Phi) is 5.08. The molecule has 0 unspecified atom stereocenters. The number of hydrogen-bond acceptors (Lipinski definition) is 2. The van der Waals surface area contributed by atoms with Gasteiger partial charge in [-0.05, 0) is 24.5 Å². The Morgan fingerprint density at radius 2 is 2.05 bits per heavy atom. The molecule has 1 saturated carbocycles. The Morgan fingerprint density at radius 3 is 2.79 bits per heavy atom. The Labute approximate surface area is 119 Å². The Morgan fingerprint density at radius 1 is 1.32 bits per heavy atom. The SMILES string of the molecule is Nc1cccc(C(=O)NCCC2CCCCC2)c1Cl. The van der Waals surface area contributed by atoms with Crippen LogP contribution < -0.4 is 11.1 Å². The average Bonchev–Trinajstić information content (AvgIpc) is 2.43. The normalized spacial score (nSPS) is 16.3. The Hall–Kier alpha value is -1.22. The van der Waals surface area contributed by atoms with E-state index in [1.165, 1.54) is 32.1 Å². The number of anilines is 1. The first-order valence-electron chi connectivity index (χ1n) is 7.00. The van der Waals surface area contributed by atoms with Crippen LogP contribution in [-0.4, -0.2) is 12.5 Å². The highest BCUT2D eigenvalue weighted by atomic mass is 35.5. The molecule has 1 fully saturated rings. The van der Waals surface area contributed by atoms with Crippen LogP contribution in [0.5, 0.6) is 0 Å². The molecule has 0 aromatic heterocycles. The minimum Gasteiger partial charge on any atom is -0.398 e. The Balaban J connectivity index is 1.82. The van der Waals surface area contributed by atoms with Crippen LogP contribution in [0.15, 0.2) is 18.2 Å². The number of nitrogens with one attached hydrogen (secondary N) is 1. The van der Waals surface area contributed by atoms with Crippen LogP contribution in [0, 0.1) is 5.92 Å². The van der Waals surface area contributed by atoms with Crippen molar-refractivity contribution in [2.24, 2.45) is 5.92 Å². The van der Waals surface area contributed by atoms with Crippen LogP contribution in [-0.2, 0) is 0 Å². The van der Waals surface area contributed by atoms with Gasteiger partial charge in [0, 0.05) is 6.54 Å². The topological polar surface area (TPSA) is 55.1 Å². The van der Waals surface area contributed by atoms with Gasteiger partial charge in [-0.2, -0.15) is 0 Å². The predicted octanol–water partition coefficient (Wildman–Crippen LogP) is 3.62. The lowest BCUT2D eigenvalue weighted by atomic mass is 9.87. The van der Waals surface area contributed by atoms with Crippen LogP contribution in [0.1, 0.15) is 48.9 Å². The lowest BCUT2D eigenvalue weighted by Gasteiger charge is -2.21. The number of carbonyl (C=O) groups is 1. The van der Waals surface area contributed by atoms with E-state index in [1.54, 1.807) is 18.2 Å². The quantitative estimate of drug-likeness (QED) is 0.828. The summed E-state index contributed by atoms with van der Waals surface area (Å²) in [6, 6.07) is 5.15. The first kappa shape index (κ1) is 14.2. The fourth-order valence-corrected chi connectivity index (χ4v) is 2.90. The van der Waals surface area contributed by atoms with Gasteiger partial charge in [-0.3, -0.25) is 4.79 Å². The highest BCUT2D eigenvalue weighted by molar-refractivity contribution is 6.36. The molecule has 19 heavy (non-hydrogen) atoms. The van der Waals surface area contributed by atoms with Crippen LogP contribution in [0.2, 0.25) is 5.02 Å². The molecular formula is C15H21ClN2O. The maximum Gasteiger partial charge on any atom is 0.252 e. The van der Waals surface area contributed by atoms with E-state index in [0.717, 1.165) is 12.3 Å². The first-order chi connectivity index (χ1) is 9.18. The van der Waals surface area contributed by atoms with Gasteiger partial charge in [0.25, 0.3) is 5.91 Å². The molecule has 0 bridgehead atoms. The Bertz CT molecular complexity index is 442. The zero-order chi connectivity index (χ0) is 13.7. The molecule has 104 valence electrons. The summed E-state index contributed by atoms with van der Waals surface area (Å²) < 4.78 is 0. The van der Waals surface area contributed by atoms with Crippen LogP contribution in [0.4, 0.5) is 5.69 Å². The van der Waals surface area contributed by atoms with E-state index in [9.17, 15) is 4.79 Å². The molecule has 1 aromatic carbocycles. The molecule has 1 aromatic rings. The van der Waals surface area contributed by atoms with Crippen molar-refractivity contribution in [1.29, 1.82) is 0 Å². The van der Waals surface area contributed by atoms with Crippen molar-refractivity contribution in [3.05, 3.63) is 28.8 Å². The predicted molar refractivity (Wildman–Crippen MR) is 79.4 cm³/mol. The molecule has 1 aliphatic rings. The van der Waals surface area contributed by atoms with Crippen LogP contribution in [0.3, 0.4) is 0 Å². The summed E-state index contributed by atoms with van der Waals surface area (Å²) in [6.07, 6.45) is 7.69. The lowest BCUT2D eigenvalue weighted by molar-refractivity contribution is 0.0950. The minimum atomic E-state index is -0.131. The molecule has 4 heteroatoms. The zero-order valence-corrected chi connectivity index (χ0v) is 11.9. The highest BCUT2D eigenvalue weighted by Gasteiger charge is 2.15. The number of hydrogen-bond donors (Lipinski definition) is 2. The first-order valence-corrected chi connectivity index (χ1v) is 7.38. The second-order valence-corrected chi connectivity index (χ2v) is 5.64. The van der Waals surface area contributed by atoms with Gasteiger partial charge in [-0.1, -0.05) is 49.8 Å². The van der Waals surface area contributed by atoms with E-state index in [2.05, 4.69) is 5.32 Å². The molecule has 0 radical (unpaired) electrons. The number of rotatable bonds is 4. The minimum absolute atomic E-state index is 0.131. The van der Waals surface area contributed by atoms with E-state index >= 15 is 0 Å². The number of carbonyl (C=O) groups excluding carboxylic acids is 1. The third-order valence-electron chi connectivity index (χ3n) is 3.84. The van der Waals surface area contributed by atoms with Crippen molar-refractivity contribution >= 4 is 23.2 Å². The van der Waals surface area contributed by atoms with Crippen molar-refractivity contribution < 1.29 is 4.79 Å². The molecule has 0 heterocycles. The largest absolute Gasteiger partial charge is 0.398 e. The molecule has 3 N–H and O–H groups in total. The number of halogens is 1. The molecule has 1 aliphatic carbocycles. The second kappa shape index (κ2) is 6.80. The molecule has 1 amide bonds.